The second-order valence-electron chi connectivity index (χ2n) is 5.72. The average Bonchev–Trinajstić information content (AvgIpc) is 2.64. The van der Waals surface area contributed by atoms with Crippen LogP contribution in [0, 0.1) is 6.92 Å². The van der Waals surface area contributed by atoms with Gasteiger partial charge in [0.1, 0.15) is 5.82 Å². The lowest BCUT2D eigenvalue weighted by atomic mass is 10.1. The van der Waals surface area contributed by atoms with Crippen molar-refractivity contribution in [2.75, 3.05) is 10.6 Å². The van der Waals surface area contributed by atoms with Gasteiger partial charge < -0.3 is 10.6 Å². The molecule has 6 nitrogen and oxygen atoms in total. The number of amides is 1. The molecule has 25 heavy (non-hydrogen) atoms. The predicted molar refractivity (Wildman–Crippen MR) is 97.1 cm³/mol. The molecular weight excluding hydrogens is 314 g/mol. The van der Waals surface area contributed by atoms with Crippen molar-refractivity contribution >= 4 is 17.5 Å². The fourth-order valence-electron chi connectivity index (χ4n) is 2.26. The first-order chi connectivity index (χ1) is 12.2. The van der Waals surface area contributed by atoms with Crippen LogP contribution in [0.1, 0.15) is 16.7 Å². The maximum absolute atomic E-state index is 12.1. The van der Waals surface area contributed by atoms with Gasteiger partial charge in [0.15, 0.2) is 5.82 Å². The number of hydrogen-bond acceptors (Lipinski definition) is 5. The summed E-state index contributed by atoms with van der Waals surface area (Å²) >= 11 is 0. The largest absolute Gasteiger partial charge is 0.365 e. The van der Waals surface area contributed by atoms with Gasteiger partial charge in [0.25, 0.3) is 0 Å². The first-order valence-corrected chi connectivity index (χ1v) is 8.01. The number of rotatable bonds is 6. The first kappa shape index (κ1) is 16.6. The fraction of sp³-hybridized carbons (Fsp3) is 0.158. The van der Waals surface area contributed by atoms with E-state index in [0.717, 1.165) is 11.1 Å². The number of aromatic nitrogens is 3. The minimum absolute atomic E-state index is 0.115. The Labute approximate surface area is 146 Å². The smallest absolute Gasteiger partial charge is 0.229 e. The highest BCUT2D eigenvalue weighted by Crippen LogP contribution is 2.09. The van der Waals surface area contributed by atoms with E-state index < -0.39 is 0 Å². The van der Waals surface area contributed by atoms with Gasteiger partial charge in [-0.25, -0.2) is 0 Å². The van der Waals surface area contributed by atoms with E-state index in [4.69, 9.17) is 0 Å². The molecule has 2 heterocycles. The van der Waals surface area contributed by atoms with Crippen LogP contribution in [0.4, 0.5) is 11.6 Å². The Balaban J connectivity index is 1.51. The molecule has 0 aliphatic carbocycles. The number of carbonyl (C=O) groups excluding carboxylic acids is 1. The lowest BCUT2D eigenvalue weighted by Gasteiger charge is -2.07. The van der Waals surface area contributed by atoms with E-state index in [9.17, 15) is 4.79 Å². The van der Waals surface area contributed by atoms with E-state index in [2.05, 4.69) is 25.8 Å². The van der Waals surface area contributed by atoms with Crippen molar-refractivity contribution in [3.05, 3.63) is 77.6 Å². The van der Waals surface area contributed by atoms with Crippen LogP contribution in [-0.2, 0) is 17.8 Å². The molecule has 1 aromatic carbocycles. The zero-order chi connectivity index (χ0) is 17.5. The van der Waals surface area contributed by atoms with Crippen molar-refractivity contribution in [1.29, 1.82) is 0 Å². The van der Waals surface area contributed by atoms with Gasteiger partial charge in [0, 0.05) is 18.9 Å². The number of hydrogen-bond donors (Lipinski definition) is 2. The lowest BCUT2D eigenvalue weighted by molar-refractivity contribution is -0.115. The summed E-state index contributed by atoms with van der Waals surface area (Å²) in [5.74, 6) is 0.968. The fourth-order valence-corrected chi connectivity index (χ4v) is 2.26. The Morgan fingerprint density at radius 1 is 0.880 bits per heavy atom. The highest BCUT2D eigenvalue weighted by molar-refractivity contribution is 5.91. The van der Waals surface area contributed by atoms with Crippen molar-refractivity contribution in [3.8, 4) is 0 Å². The third-order valence-corrected chi connectivity index (χ3v) is 3.64. The molecule has 0 aliphatic rings. The average molecular weight is 333 g/mol. The van der Waals surface area contributed by atoms with E-state index in [-0.39, 0.29) is 5.91 Å². The van der Waals surface area contributed by atoms with Crippen LogP contribution < -0.4 is 10.6 Å². The summed E-state index contributed by atoms with van der Waals surface area (Å²) in [7, 11) is 0. The summed E-state index contributed by atoms with van der Waals surface area (Å²) in [6.45, 7) is 2.65. The standard InChI is InChI=1S/C19H19N5O/c1-14-2-4-15(5-3-14)12-19(25)22-18-7-6-17(23-24-18)21-13-16-8-10-20-11-9-16/h2-11H,12-13H2,1H3,(H,21,23)(H,22,24,25). The second-order valence-corrected chi connectivity index (χ2v) is 5.72. The third-order valence-electron chi connectivity index (χ3n) is 3.64. The molecule has 0 saturated carbocycles. The summed E-state index contributed by atoms with van der Waals surface area (Å²) < 4.78 is 0. The number of carbonyl (C=O) groups is 1. The summed E-state index contributed by atoms with van der Waals surface area (Å²) in [6.07, 6.45) is 3.80. The Morgan fingerprint density at radius 2 is 1.56 bits per heavy atom. The van der Waals surface area contributed by atoms with Crippen LogP contribution >= 0.6 is 0 Å². The van der Waals surface area contributed by atoms with Gasteiger partial charge in [0.05, 0.1) is 6.42 Å². The van der Waals surface area contributed by atoms with Gasteiger partial charge in [-0.3, -0.25) is 9.78 Å². The molecule has 0 radical (unpaired) electrons. The van der Waals surface area contributed by atoms with Crippen molar-refractivity contribution in [3.63, 3.8) is 0 Å². The molecule has 0 spiro atoms. The molecule has 2 N–H and O–H groups in total. The Hall–Kier alpha value is -3.28. The van der Waals surface area contributed by atoms with E-state index in [0.29, 0.717) is 24.6 Å². The molecule has 0 atom stereocenters. The highest BCUT2D eigenvalue weighted by atomic mass is 16.1. The van der Waals surface area contributed by atoms with E-state index in [1.807, 2.05) is 43.3 Å². The maximum atomic E-state index is 12.1. The molecule has 3 aromatic rings. The molecule has 0 bridgehead atoms. The molecule has 0 fully saturated rings. The number of benzene rings is 1. The van der Waals surface area contributed by atoms with E-state index in [1.165, 1.54) is 5.56 Å². The second kappa shape index (κ2) is 8.01. The van der Waals surface area contributed by atoms with Gasteiger partial charge in [-0.05, 0) is 42.3 Å². The molecule has 1 amide bonds. The van der Waals surface area contributed by atoms with Gasteiger partial charge in [-0.1, -0.05) is 29.8 Å². The van der Waals surface area contributed by atoms with Crippen molar-refractivity contribution in [2.45, 2.75) is 19.9 Å². The zero-order valence-electron chi connectivity index (χ0n) is 13.9. The maximum Gasteiger partial charge on any atom is 0.229 e. The molecule has 3 rings (SSSR count). The van der Waals surface area contributed by atoms with E-state index in [1.54, 1.807) is 24.5 Å². The minimum atomic E-state index is -0.115. The van der Waals surface area contributed by atoms with Gasteiger partial charge in [-0.2, -0.15) is 0 Å². The van der Waals surface area contributed by atoms with Crippen LogP contribution in [0.15, 0.2) is 60.9 Å². The highest BCUT2D eigenvalue weighted by Gasteiger charge is 2.06. The van der Waals surface area contributed by atoms with Gasteiger partial charge in [0.2, 0.25) is 5.91 Å². The monoisotopic (exact) mass is 333 g/mol. The SMILES string of the molecule is Cc1ccc(CC(=O)Nc2ccc(NCc3ccncc3)nn2)cc1. The Morgan fingerprint density at radius 3 is 2.24 bits per heavy atom. The molecule has 126 valence electrons. The minimum Gasteiger partial charge on any atom is -0.365 e. The van der Waals surface area contributed by atoms with Crippen LogP contribution in [0.2, 0.25) is 0 Å². The van der Waals surface area contributed by atoms with Crippen LogP contribution in [0.5, 0.6) is 0 Å². The van der Waals surface area contributed by atoms with Crippen molar-refractivity contribution in [1.82, 2.24) is 15.2 Å². The molecule has 6 heteroatoms. The molecule has 2 aromatic heterocycles. The molecule has 0 unspecified atom stereocenters. The molecule has 0 saturated heterocycles. The number of aryl methyl sites for hydroxylation is 1. The molecule has 0 aliphatic heterocycles. The van der Waals surface area contributed by atoms with Crippen LogP contribution in [0.3, 0.4) is 0 Å². The van der Waals surface area contributed by atoms with Gasteiger partial charge >= 0.3 is 0 Å². The Bertz CT molecular complexity index is 817. The van der Waals surface area contributed by atoms with Crippen molar-refractivity contribution in [2.24, 2.45) is 0 Å². The number of nitrogens with one attached hydrogen (secondary N) is 2. The third kappa shape index (κ3) is 5.10. The topological polar surface area (TPSA) is 79.8 Å². The van der Waals surface area contributed by atoms with E-state index >= 15 is 0 Å². The normalized spacial score (nSPS) is 10.3. The Kier molecular flexibility index (Phi) is 5.31. The van der Waals surface area contributed by atoms with Crippen LogP contribution in [0.25, 0.3) is 0 Å². The summed E-state index contributed by atoms with van der Waals surface area (Å²) in [6, 6.07) is 15.3. The quantitative estimate of drug-likeness (QED) is 0.725. The number of nitrogens with zero attached hydrogens (tertiary/aromatic N) is 3. The van der Waals surface area contributed by atoms with Crippen LogP contribution in [-0.4, -0.2) is 21.1 Å². The number of anilines is 2. The lowest BCUT2D eigenvalue weighted by Crippen LogP contribution is -2.16. The summed E-state index contributed by atoms with van der Waals surface area (Å²) in [5.41, 5.74) is 3.24. The summed E-state index contributed by atoms with van der Waals surface area (Å²) in [4.78, 5) is 16.0. The summed E-state index contributed by atoms with van der Waals surface area (Å²) in [5, 5.41) is 14.0. The zero-order valence-corrected chi connectivity index (χ0v) is 13.9. The van der Waals surface area contributed by atoms with Crippen molar-refractivity contribution < 1.29 is 4.79 Å². The first-order valence-electron chi connectivity index (χ1n) is 8.01. The van der Waals surface area contributed by atoms with Gasteiger partial charge in [-0.15, -0.1) is 10.2 Å². The number of pyridine rings is 1. The predicted octanol–water partition coefficient (Wildman–Crippen LogP) is 2.97. The molecular formula is C19H19N5O.